The van der Waals surface area contributed by atoms with Crippen LogP contribution in [0.15, 0.2) is 9.98 Å². The van der Waals surface area contributed by atoms with E-state index in [-0.39, 0.29) is 0 Å². The van der Waals surface area contributed by atoms with Crippen molar-refractivity contribution in [3.8, 4) is 0 Å². The van der Waals surface area contributed by atoms with Crippen molar-refractivity contribution < 1.29 is 9.47 Å². The lowest BCUT2D eigenvalue weighted by Crippen LogP contribution is -1.99. The molecule has 4 nitrogen and oxygen atoms in total. The summed E-state index contributed by atoms with van der Waals surface area (Å²) in [6, 6.07) is 0. The third kappa shape index (κ3) is 4.75. The van der Waals surface area contributed by atoms with E-state index < -0.39 is 0 Å². The van der Waals surface area contributed by atoms with Crippen LogP contribution in [0.5, 0.6) is 0 Å². The first-order valence-corrected chi connectivity index (χ1v) is 6.77. The molecular formula is C13H22N2O2. The van der Waals surface area contributed by atoms with Gasteiger partial charge in [-0.2, -0.15) is 0 Å². The highest BCUT2D eigenvalue weighted by molar-refractivity contribution is 5.77. The standard InChI is InChI=1S/C13H22N2O2/c1(2-4-6-12-14-8-10-16-12)3-5-7-13-15-9-11-17-13/h1-11H2. The Morgan fingerprint density at radius 2 is 1.18 bits per heavy atom. The van der Waals surface area contributed by atoms with Crippen molar-refractivity contribution in [2.24, 2.45) is 9.98 Å². The van der Waals surface area contributed by atoms with E-state index in [4.69, 9.17) is 9.47 Å². The fourth-order valence-electron chi connectivity index (χ4n) is 2.14. The molecule has 2 heterocycles. The van der Waals surface area contributed by atoms with Crippen LogP contribution in [0.25, 0.3) is 0 Å². The average Bonchev–Trinajstić information content (AvgIpc) is 3.00. The van der Waals surface area contributed by atoms with E-state index in [0.29, 0.717) is 0 Å². The molecule has 0 aromatic carbocycles. The SMILES string of the molecule is C(CCCC1=NCCO1)CCCC1=NCCO1. The van der Waals surface area contributed by atoms with Crippen molar-refractivity contribution in [2.45, 2.75) is 44.9 Å². The lowest BCUT2D eigenvalue weighted by atomic mass is 10.1. The molecule has 0 fully saturated rings. The molecule has 0 bridgehead atoms. The fourth-order valence-corrected chi connectivity index (χ4v) is 2.14. The molecule has 0 aliphatic carbocycles. The largest absolute Gasteiger partial charge is 0.479 e. The predicted octanol–water partition coefficient (Wildman–Crippen LogP) is 2.57. The van der Waals surface area contributed by atoms with E-state index in [2.05, 4.69) is 9.98 Å². The zero-order valence-corrected chi connectivity index (χ0v) is 10.5. The second-order valence-corrected chi connectivity index (χ2v) is 4.52. The maximum Gasteiger partial charge on any atom is 0.183 e. The van der Waals surface area contributed by atoms with Crippen molar-refractivity contribution in [3.63, 3.8) is 0 Å². The molecule has 0 spiro atoms. The van der Waals surface area contributed by atoms with Gasteiger partial charge in [-0.25, -0.2) is 0 Å². The van der Waals surface area contributed by atoms with Crippen molar-refractivity contribution in [2.75, 3.05) is 26.3 Å². The molecule has 0 N–H and O–H groups in total. The van der Waals surface area contributed by atoms with Crippen molar-refractivity contribution in [1.82, 2.24) is 0 Å². The Morgan fingerprint density at radius 3 is 1.59 bits per heavy atom. The highest BCUT2D eigenvalue weighted by Crippen LogP contribution is 2.11. The normalized spacial score (nSPS) is 18.6. The van der Waals surface area contributed by atoms with Gasteiger partial charge in [-0.3, -0.25) is 9.98 Å². The minimum absolute atomic E-state index is 0.789. The summed E-state index contributed by atoms with van der Waals surface area (Å²) in [6.07, 6.45) is 8.30. The molecule has 96 valence electrons. The van der Waals surface area contributed by atoms with Crippen molar-refractivity contribution >= 4 is 11.8 Å². The number of aliphatic imine (C=N–C) groups is 2. The van der Waals surface area contributed by atoms with E-state index >= 15 is 0 Å². The number of hydrogen-bond acceptors (Lipinski definition) is 4. The summed E-state index contributed by atoms with van der Waals surface area (Å²) in [5, 5.41) is 0. The van der Waals surface area contributed by atoms with Gasteiger partial charge in [0.1, 0.15) is 13.2 Å². The summed E-state index contributed by atoms with van der Waals surface area (Å²) in [5.74, 6) is 1.94. The molecule has 4 heteroatoms. The fraction of sp³-hybridized carbons (Fsp3) is 0.846. The van der Waals surface area contributed by atoms with Crippen LogP contribution in [0.1, 0.15) is 44.9 Å². The van der Waals surface area contributed by atoms with Crippen LogP contribution in [0.4, 0.5) is 0 Å². The zero-order valence-electron chi connectivity index (χ0n) is 10.5. The van der Waals surface area contributed by atoms with E-state index in [0.717, 1.165) is 50.9 Å². The molecule has 0 saturated carbocycles. The summed E-state index contributed by atoms with van der Waals surface area (Å²) in [4.78, 5) is 8.57. The molecule has 17 heavy (non-hydrogen) atoms. The van der Waals surface area contributed by atoms with Crippen LogP contribution in [0.2, 0.25) is 0 Å². The van der Waals surface area contributed by atoms with Gasteiger partial charge in [0.2, 0.25) is 0 Å². The maximum absolute atomic E-state index is 5.37. The predicted molar refractivity (Wildman–Crippen MR) is 68.8 cm³/mol. The molecular weight excluding hydrogens is 216 g/mol. The Kier molecular flexibility index (Phi) is 5.33. The number of ether oxygens (including phenoxy) is 2. The molecule has 0 atom stereocenters. The summed E-state index contributed by atoms with van der Waals surface area (Å²) in [6.45, 7) is 3.30. The maximum atomic E-state index is 5.37. The van der Waals surface area contributed by atoms with Crippen LogP contribution < -0.4 is 0 Å². The molecule has 0 unspecified atom stereocenters. The van der Waals surface area contributed by atoms with Crippen molar-refractivity contribution in [3.05, 3.63) is 0 Å². The monoisotopic (exact) mass is 238 g/mol. The van der Waals surface area contributed by atoms with Gasteiger partial charge < -0.3 is 9.47 Å². The van der Waals surface area contributed by atoms with Gasteiger partial charge in [-0.05, 0) is 12.8 Å². The first kappa shape index (κ1) is 12.4. The number of hydrogen-bond donors (Lipinski definition) is 0. The van der Waals surface area contributed by atoms with Crippen molar-refractivity contribution in [1.29, 1.82) is 0 Å². The van der Waals surface area contributed by atoms with Crippen LogP contribution in [0.3, 0.4) is 0 Å². The molecule has 2 aliphatic rings. The second-order valence-electron chi connectivity index (χ2n) is 4.52. The Labute approximate surface area is 103 Å². The molecule has 0 saturated heterocycles. The third-order valence-electron chi connectivity index (χ3n) is 3.08. The Bertz CT molecular complexity index is 259. The van der Waals surface area contributed by atoms with Crippen LogP contribution in [-0.4, -0.2) is 38.1 Å². The Morgan fingerprint density at radius 1 is 0.706 bits per heavy atom. The number of unbranched alkanes of at least 4 members (excludes halogenated alkanes) is 4. The molecule has 2 aliphatic heterocycles. The Balaban J connectivity index is 1.38. The van der Waals surface area contributed by atoms with Gasteiger partial charge in [0.25, 0.3) is 0 Å². The zero-order chi connectivity index (χ0) is 11.8. The van der Waals surface area contributed by atoms with Crippen LogP contribution in [0, 0.1) is 0 Å². The second kappa shape index (κ2) is 7.30. The smallest absolute Gasteiger partial charge is 0.183 e. The first-order valence-electron chi connectivity index (χ1n) is 6.77. The Hall–Kier alpha value is -1.06. The molecule has 0 amide bonds. The molecule has 0 radical (unpaired) electrons. The van der Waals surface area contributed by atoms with Gasteiger partial charge in [-0.1, -0.05) is 19.3 Å². The average molecular weight is 238 g/mol. The summed E-state index contributed by atoms with van der Waals surface area (Å²) in [5.41, 5.74) is 0. The van der Waals surface area contributed by atoms with Gasteiger partial charge in [0.05, 0.1) is 13.1 Å². The van der Waals surface area contributed by atoms with Gasteiger partial charge in [0.15, 0.2) is 11.8 Å². The highest BCUT2D eigenvalue weighted by atomic mass is 16.5. The molecule has 0 aromatic heterocycles. The third-order valence-corrected chi connectivity index (χ3v) is 3.08. The lowest BCUT2D eigenvalue weighted by molar-refractivity contribution is 0.335. The topological polar surface area (TPSA) is 43.2 Å². The van der Waals surface area contributed by atoms with E-state index in [1.165, 1.54) is 32.1 Å². The first-order chi connectivity index (χ1) is 8.45. The van der Waals surface area contributed by atoms with E-state index in [1.807, 2.05) is 0 Å². The summed E-state index contributed by atoms with van der Waals surface area (Å²) in [7, 11) is 0. The summed E-state index contributed by atoms with van der Waals surface area (Å²) < 4.78 is 10.7. The quantitative estimate of drug-likeness (QED) is 0.610. The van der Waals surface area contributed by atoms with E-state index in [1.54, 1.807) is 0 Å². The van der Waals surface area contributed by atoms with Gasteiger partial charge in [-0.15, -0.1) is 0 Å². The van der Waals surface area contributed by atoms with Gasteiger partial charge >= 0.3 is 0 Å². The van der Waals surface area contributed by atoms with E-state index in [9.17, 15) is 0 Å². The van der Waals surface area contributed by atoms with Crippen LogP contribution >= 0.6 is 0 Å². The molecule has 0 aromatic rings. The molecule has 2 rings (SSSR count). The van der Waals surface area contributed by atoms with Gasteiger partial charge in [0, 0.05) is 12.8 Å². The minimum atomic E-state index is 0.789. The number of rotatable bonds is 8. The van der Waals surface area contributed by atoms with Crippen LogP contribution in [-0.2, 0) is 9.47 Å². The summed E-state index contributed by atoms with van der Waals surface area (Å²) >= 11 is 0. The number of nitrogens with zero attached hydrogens (tertiary/aromatic N) is 2. The lowest BCUT2D eigenvalue weighted by Gasteiger charge is -2.03. The highest BCUT2D eigenvalue weighted by Gasteiger charge is 2.07. The minimum Gasteiger partial charge on any atom is -0.479 e.